The average Bonchev–Trinajstić information content (AvgIpc) is 2.01. The lowest BCUT2D eigenvalue weighted by molar-refractivity contribution is 0.0390. The van der Waals surface area contributed by atoms with Gasteiger partial charge in [-0.15, -0.1) is 11.8 Å². The maximum absolute atomic E-state index is 9.21. The van der Waals surface area contributed by atoms with E-state index in [1.165, 1.54) is 0 Å². The van der Waals surface area contributed by atoms with Gasteiger partial charge >= 0.3 is 0 Å². The number of hydrogen-bond acceptors (Lipinski definition) is 2. The summed E-state index contributed by atoms with van der Waals surface area (Å²) in [6, 6.07) is 0. The van der Waals surface area contributed by atoms with Crippen molar-refractivity contribution in [3.63, 3.8) is 0 Å². The SMILES string of the molecule is CC#CCCC(O)COCC. The molecular formula is C9H16O2. The van der Waals surface area contributed by atoms with Crippen LogP contribution in [0.4, 0.5) is 0 Å². The Kier molecular flexibility index (Phi) is 7.23. The molecule has 11 heavy (non-hydrogen) atoms. The zero-order valence-electron chi connectivity index (χ0n) is 7.26. The molecule has 2 heteroatoms. The van der Waals surface area contributed by atoms with Gasteiger partial charge in [-0.3, -0.25) is 0 Å². The molecule has 1 N–H and O–H groups in total. The lowest BCUT2D eigenvalue weighted by Crippen LogP contribution is -2.14. The highest BCUT2D eigenvalue weighted by molar-refractivity contribution is 4.94. The summed E-state index contributed by atoms with van der Waals surface area (Å²) < 4.78 is 5.03. The van der Waals surface area contributed by atoms with Crippen molar-refractivity contribution < 1.29 is 9.84 Å². The van der Waals surface area contributed by atoms with E-state index in [2.05, 4.69) is 11.8 Å². The molecule has 64 valence electrons. The van der Waals surface area contributed by atoms with E-state index in [1.54, 1.807) is 6.92 Å². The number of aliphatic hydroxyl groups excluding tert-OH is 1. The molecule has 0 aromatic carbocycles. The van der Waals surface area contributed by atoms with Crippen LogP contribution in [0.15, 0.2) is 0 Å². The van der Waals surface area contributed by atoms with Crippen molar-refractivity contribution >= 4 is 0 Å². The second-order valence-corrected chi connectivity index (χ2v) is 2.28. The predicted octanol–water partition coefficient (Wildman–Crippen LogP) is 1.19. The smallest absolute Gasteiger partial charge is 0.0782 e. The second-order valence-electron chi connectivity index (χ2n) is 2.28. The molecule has 0 aliphatic rings. The summed E-state index contributed by atoms with van der Waals surface area (Å²) in [4.78, 5) is 0. The molecule has 1 atom stereocenters. The Morgan fingerprint density at radius 1 is 1.55 bits per heavy atom. The van der Waals surface area contributed by atoms with Gasteiger partial charge in [0.25, 0.3) is 0 Å². The van der Waals surface area contributed by atoms with Gasteiger partial charge in [-0.05, 0) is 20.3 Å². The Morgan fingerprint density at radius 3 is 2.82 bits per heavy atom. The highest BCUT2D eigenvalue weighted by atomic mass is 16.5. The van der Waals surface area contributed by atoms with Gasteiger partial charge < -0.3 is 9.84 Å². The minimum absolute atomic E-state index is 0.351. The number of aliphatic hydroxyl groups is 1. The van der Waals surface area contributed by atoms with Crippen LogP contribution in [0.1, 0.15) is 26.7 Å². The average molecular weight is 156 g/mol. The van der Waals surface area contributed by atoms with Gasteiger partial charge in [0.15, 0.2) is 0 Å². The van der Waals surface area contributed by atoms with Crippen LogP contribution in [0.2, 0.25) is 0 Å². The summed E-state index contributed by atoms with van der Waals surface area (Å²) in [6.07, 6.45) is 1.11. The molecule has 0 fully saturated rings. The van der Waals surface area contributed by atoms with Crippen LogP contribution in [0.3, 0.4) is 0 Å². The van der Waals surface area contributed by atoms with Gasteiger partial charge in [-0.1, -0.05) is 0 Å². The molecule has 0 radical (unpaired) electrons. The van der Waals surface area contributed by atoms with Gasteiger partial charge in [0, 0.05) is 13.0 Å². The molecule has 0 amide bonds. The molecule has 0 saturated carbocycles. The molecular weight excluding hydrogens is 140 g/mol. The molecule has 0 spiro atoms. The second kappa shape index (κ2) is 7.59. The first-order chi connectivity index (χ1) is 5.31. The van der Waals surface area contributed by atoms with E-state index in [0.717, 1.165) is 6.42 Å². The molecule has 0 rings (SSSR count). The predicted molar refractivity (Wildman–Crippen MR) is 45.2 cm³/mol. The van der Waals surface area contributed by atoms with E-state index in [0.29, 0.717) is 19.6 Å². The van der Waals surface area contributed by atoms with E-state index in [4.69, 9.17) is 4.74 Å². The molecule has 0 bridgehead atoms. The topological polar surface area (TPSA) is 29.5 Å². The van der Waals surface area contributed by atoms with Crippen LogP contribution >= 0.6 is 0 Å². The first-order valence-corrected chi connectivity index (χ1v) is 3.96. The van der Waals surface area contributed by atoms with Gasteiger partial charge in [-0.25, -0.2) is 0 Å². The van der Waals surface area contributed by atoms with Crippen LogP contribution in [-0.4, -0.2) is 24.4 Å². The summed E-state index contributed by atoms with van der Waals surface area (Å²) in [5.41, 5.74) is 0. The first kappa shape index (κ1) is 10.5. The minimum Gasteiger partial charge on any atom is -0.391 e. The van der Waals surface area contributed by atoms with Crippen molar-refractivity contribution in [3.8, 4) is 11.8 Å². The van der Waals surface area contributed by atoms with Gasteiger partial charge in [-0.2, -0.15) is 0 Å². The van der Waals surface area contributed by atoms with Crippen molar-refractivity contribution in [1.82, 2.24) is 0 Å². The maximum atomic E-state index is 9.21. The Bertz CT molecular complexity index is 132. The summed E-state index contributed by atoms with van der Waals surface area (Å²) >= 11 is 0. The Balaban J connectivity index is 3.19. The number of rotatable bonds is 5. The fraction of sp³-hybridized carbons (Fsp3) is 0.778. The normalized spacial score (nSPS) is 11.9. The molecule has 0 aromatic heterocycles. The Labute approximate surface area is 68.6 Å². The van der Waals surface area contributed by atoms with Gasteiger partial charge in [0.1, 0.15) is 0 Å². The van der Waals surface area contributed by atoms with Crippen molar-refractivity contribution in [1.29, 1.82) is 0 Å². The zero-order valence-corrected chi connectivity index (χ0v) is 7.26. The molecule has 0 aliphatic heterocycles. The van der Waals surface area contributed by atoms with E-state index >= 15 is 0 Å². The van der Waals surface area contributed by atoms with E-state index in [1.807, 2.05) is 6.92 Å². The highest BCUT2D eigenvalue weighted by Gasteiger charge is 2.00. The molecule has 0 saturated heterocycles. The van der Waals surface area contributed by atoms with E-state index in [-0.39, 0.29) is 6.10 Å². The molecule has 1 unspecified atom stereocenters. The zero-order chi connectivity index (χ0) is 8.53. The summed E-state index contributed by atoms with van der Waals surface area (Å²) in [5, 5.41) is 9.21. The van der Waals surface area contributed by atoms with Gasteiger partial charge in [0.05, 0.1) is 12.7 Å². The van der Waals surface area contributed by atoms with Crippen LogP contribution in [0.25, 0.3) is 0 Å². The standard InChI is InChI=1S/C9H16O2/c1-3-5-6-7-9(10)8-11-4-2/h9-10H,4,6-8H2,1-2H3. The Hall–Kier alpha value is -0.520. The lowest BCUT2D eigenvalue weighted by Gasteiger charge is -2.07. The first-order valence-electron chi connectivity index (χ1n) is 3.96. The third-order valence-electron chi connectivity index (χ3n) is 1.29. The number of hydrogen-bond donors (Lipinski definition) is 1. The van der Waals surface area contributed by atoms with E-state index in [9.17, 15) is 5.11 Å². The molecule has 2 nitrogen and oxygen atoms in total. The fourth-order valence-electron chi connectivity index (χ4n) is 0.701. The lowest BCUT2D eigenvalue weighted by atomic mass is 10.2. The Morgan fingerprint density at radius 2 is 2.27 bits per heavy atom. The van der Waals surface area contributed by atoms with Crippen molar-refractivity contribution in [3.05, 3.63) is 0 Å². The summed E-state index contributed by atoms with van der Waals surface area (Å²) in [6.45, 7) is 4.81. The van der Waals surface area contributed by atoms with Crippen molar-refractivity contribution in [2.75, 3.05) is 13.2 Å². The van der Waals surface area contributed by atoms with Gasteiger partial charge in [0.2, 0.25) is 0 Å². The van der Waals surface area contributed by atoms with E-state index < -0.39 is 0 Å². The van der Waals surface area contributed by atoms with Crippen LogP contribution in [-0.2, 0) is 4.74 Å². The third-order valence-corrected chi connectivity index (χ3v) is 1.29. The molecule has 0 heterocycles. The summed E-state index contributed by atoms with van der Waals surface area (Å²) in [7, 11) is 0. The van der Waals surface area contributed by atoms with Crippen LogP contribution in [0, 0.1) is 11.8 Å². The largest absolute Gasteiger partial charge is 0.391 e. The summed E-state index contributed by atoms with van der Waals surface area (Å²) in [5.74, 6) is 5.67. The quantitative estimate of drug-likeness (QED) is 0.606. The molecule has 0 aromatic rings. The van der Waals surface area contributed by atoms with Crippen molar-refractivity contribution in [2.24, 2.45) is 0 Å². The van der Waals surface area contributed by atoms with Crippen LogP contribution < -0.4 is 0 Å². The van der Waals surface area contributed by atoms with Crippen LogP contribution in [0.5, 0.6) is 0 Å². The maximum Gasteiger partial charge on any atom is 0.0782 e. The molecule has 0 aliphatic carbocycles. The minimum atomic E-state index is -0.351. The monoisotopic (exact) mass is 156 g/mol. The highest BCUT2D eigenvalue weighted by Crippen LogP contribution is 1.96. The number of ether oxygens (including phenoxy) is 1. The third kappa shape index (κ3) is 7.38. The fourth-order valence-corrected chi connectivity index (χ4v) is 0.701. The van der Waals surface area contributed by atoms with Crippen molar-refractivity contribution in [2.45, 2.75) is 32.8 Å².